The molecule has 0 saturated carbocycles. The standard InChI is InChI=1S/C48H75N3O6/c1-4-7-10-13-16-19-22-25-28-31-34-49-43(52)37-38(44(49)53)40-42(48(57)51(46(40)55)36-33-30-27-24-21-18-15-12-9-6-3)41-39(37)45(54)50(47(41)56)35-32-29-26-23-20-17-14-11-8-5-2/h4-36H2,1-3H3. The van der Waals surface area contributed by atoms with Gasteiger partial charge in [0.25, 0.3) is 33.4 Å². The summed E-state index contributed by atoms with van der Waals surface area (Å²) in [5.41, 5.74) is -3.83. The van der Waals surface area contributed by atoms with Crippen molar-refractivity contribution in [3.8, 4) is 0 Å². The Morgan fingerprint density at radius 1 is 0.228 bits per heavy atom. The second kappa shape index (κ2) is 25.2. The molecular weight excluding hydrogens is 715 g/mol. The third-order valence-electron chi connectivity index (χ3n) is 12.5. The Morgan fingerprint density at radius 3 is 0.526 bits per heavy atom. The lowest BCUT2D eigenvalue weighted by Crippen LogP contribution is -2.26. The molecule has 1 aromatic carbocycles. The number of rotatable bonds is 33. The Balaban J connectivity index is 1.58. The Labute approximate surface area is 340 Å². The van der Waals surface area contributed by atoms with E-state index < -0.39 is 33.4 Å². The van der Waals surface area contributed by atoms with Crippen molar-refractivity contribution in [3.05, 3.63) is 62.1 Å². The largest absolute Gasteiger partial charge is 0.274 e. The molecule has 0 fully saturated rings. The lowest BCUT2D eigenvalue weighted by Gasteiger charge is -2.03. The lowest BCUT2D eigenvalue weighted by molar-refractivity contribution is 0.528. The Hall–Kier alpha value is -3.36. The maximum Gasteiger partial charge on any atom is 0.262 e. The molecule has 318 valence electrons. The second-order valence-corrected chi connectivity index (χ2v) is 17.1. The van der Waals surface area contributed by atoms with Gasteiger partial charge in [-0.05, 0) is 19.3 Å². The van der Waals surface area contributed by atoms with Crippen molar-refractivity contribution in [2.24, 2.45) is 0 Å². The molecule has 0 bridgehead atoms. The van der Waals surface area contributed by atoms with Crippen LogP contribution in [0.15, 0.2) is 28.8 Å². The molecule has 4 aromatic rings. The van der Waals surface area contributed by atoms with E-state index >= 15 is 0 Å². The van der Waals surface area contributed by atoms with Crippen molar-refractivity contribution in [2.45, 2.75) is 233 Å². The van der Waals surface area contributed by atoms with Crippen LogP contribution in [0, 0.1) is 0 Å². The van der Waals surface area contributed by atoms with Gasteiger partial charge in [-0.15, -0.1) is 0 Å². The molecule has 0 aliphatic heterocycles. The first kappa shape index (κ1) is 46.3. The van der Waals surface area contributed by atoms with Crippen molar-refractivity contribution in [1.82, 2.24) is 13.7 Å². The van der Waals surface area contributed by atoms with E-state index in [-0.39, 0.29) is 52.0 Å². The minimum Gasteiger partial charge on any atom is -0.274 e. The van der Waals surface area contributed by atoms with E-state index in [1.165, 1.54) is 116 Å². The van der Waals surface area contributed by atoms with E-state index in [0.29, 0.717) is 19.3 Å². The van der Waals surface area contributed by atoms with Crippen LogP contribution in [-0.2, 0) is 19.6 Å². The fourth-order valence-electron chi connectivity index (χ4n) is 9.00. The molecule has 3 aromatic heterocycles. The summed E-state index contributed by atoms with van der Waals surface area (Å²) in [6.07, 6.45) is 33.0. The molecule has 3 heterocycles. The molecule has 0 spiro atoms. The van der Waals surface area contributed by atoms with Gasteiger partial charge in [-0.25, -0.2) is 0 Å². The van der Waals surface area contributed by atoms with E-state index in [4.69, 9.17) is 0 Å². The summed E-state index contributed by atoms with van der Waals surface area (Å²) in [5, 5.41) is -0.963. The molecule has 0 unspecified atom stereocenters. The number of unbranched alkanes of at least 4 members (excludes halogenated alkanes) is 27. The van der Waals surface area contributed by atoms with Crippen LogP contribution in [0.2, 0.25) is 0 Å². The van der Waals surface area contributed by atoms with Gasteiger partial charge in [0.05, 0.1) is 32.3 Å². The van der Waals surface area contributed by atoms with Crippen LogP contribution < -0.4 is 33.4 Å². The smallest absolute Gasteiger partial charge is 0.262 e. The van der Waals surface area contributed by atoms with Gasteiger partial charge in [0.1, 0.15) is 0 Å². The van der Waals surface area contributed by atoms with Crippen LogP contribution in [0.25, 0.3) is 32.3 Å². The molecule has 0 aliphatic carbocycles. The van der Waals surface area contributed by atoms with E-state index in [0.717, 1.165) is 71.5 Å². The molecule has 0 N–H and O–H groups in total. The maximum absolute atomic E-state index is 14.1. The summed E-state index contributed by atoms with van der Waals surface area (Å²) in [5.74, 6) is 0. The van der Waals surface area contributed by atoms with Gasteiger partial charge in [-0.1, -0.05) is 194 Å². The van der Waals surface area contributed by atoms with Crippen LogP contribution in [0.5, 0.6) is 0 Å². The monoisotopic (exact) mass is 790 g/mol. The summed E-state index contributed by atoms with van der Waals surface area (Å²) in [6.45, 7) is 7.15. The summed E-state index contributed by atoms with van der Waals surface area (Å²) in [4.78, 5) is 84.7. The van der Waals surface area contributed by atoms with E-state index in [1.807, 2.05) is 0 Å². The number of hydrogen-bond donors (Lipinski definition) is 0. The van der Waals surface area contributed by atoms with Crippen molar-refractivity contribution >= 4 is 32.3 Å². The first-order valence-corrected chi connectivity index (χ1v) is 23.6. The highest BCUT2D eigenvalue weighted by atomic mass is 16.2. The molecule has 57 heavy (non-hydrogen) atoms. The van der Waals surface area contributed by atoms with Gasteiger partial charge in [0.2, 0.25) is 0 Å². The summed E-state index contributed by atoms with van der Waals surface area (Å²) >= 11 is 0. The number of aromatic nitrogens is 3. The SMILES string of the molecule is CCCCCCCCCCCCn1c(=O)c2c3c(=O)n(CCCCCCCCCCCC)c(=O)c3c3c(=O)n(CCCCCCCCCCCC)c(=O)c3c2c1=O. The van der Waals surface area contributed by atoms with E-state index in [2.05, 4.69) is 20.8 Å². The Morgan fingerprint density at radius 2 is 0.368 bits per heavy atom. The Kier molecular flexibility index (Phi) is 20.5. The number of benzene rings is 1. The highest BCUT2D eigenvalue weighted by molar-refractivity contribution is 6.25. The molecule has 0 saturated heterocycles. The van der Waals surface area contributed by atoms with Crippen molar-refractivity contribution < 1.29 is 0 Å². The topological polar surface area (TPSA) is 117 Å². The van der Waals surface area contributed by atoms with Crippen molar-refractivity contribution in [1.29, 1.82) is 0 Å². The summed E-state index contributed by atoms with van der Waals surface area (Å²) < 4.78 is 3.42. The molecule has 0 radical (unpaired) electrons. The molecule has 0 amide bonds. The number of fused-ring (bicyclic) bond motifs is 6. The predicted molar refractivity (Wildman–Crippen MR) is 240 cm³/mol. The summed E-state index contributed by atoms with van der Waals surface area (Å²) in [6, 6.07) is 0. The molecule has 9 heteroatoms. The zero-order valence-corrected chi connectivity index (χ0v) is 36.1. The molecule has 0 atom stereocenters. The molecule has 4 rings (SSSR count). The third kappa shape index (κ3) is 12.3. The van der Waals surface area contributed by atoms with Gasteiger partial charge in [-0.3, -0.25) is 42.5 Å². The molecule has 0 aliphatic rings. The normalized spacial score (nSPS) is 12.1. The second-order valence-electron chi connectivity index (χ2n) is 17.1. The fraction of sp³-hybridized carbons (Fsp3) is 0.750. The van der Waals surface area contributed by atoms with Crippen LogP contribution in [0.4, 0.5) is 0 Å². The zero-order valence-electron chi connectivity index (χ0n) is 36.1. The molecular formula is C48H75N3O6. The molecule has 9 nitrogen and oxygen atoms in total. The van der Waals surface area contributed by atoms with Crippen LogP contribution >= 0.6 is 0 Å². The van der Waals surface area contributed by atoms with Crippen LogP contribution in [0.1, 0.15) is 213 Å². The van der Waals surface area contributed by atoms with Crippen molar-refractivity contribution in [2.75, 3.05) is 0 Å². The van der Waals surface area contributed by atoms with Crippen LogP contribution in [0.3, 0.4) is 0 Å². The average molecular weight is 790 g/mol. The highest BCUT2D eigenvalue weighted by Gasteiger charge is 2.30. The minimum absolute atomic E-state index is 0.160. The predicted octanol–water partition coefficient (Wildman–Crippen LogP) is 10.8. The third-order valence-corrected chi connectivity index (χ3v) is 12.5. The zero-order chi connectivity index (χ0) is 41.0. The van der Waals surface area contributed by atoms with Gasteiger partial charge >= 0.3 is 0 Å². The first-order valence-electron chi connectivity index (χ1n) is 23.6. The van der Waals surface area contributed by atoms with Crippen molar-refractivity contribution in [3.63, 3.8) is 0 Å². The van der Waals surface area contributed by atoms with E-state index in [9.17, 15) is 28.8 Å². The lowest BCUT2D eigenvalue weighted by atomic mass is 10.0. The van der Waals surface area contributed by atoms with Crippen LogP contribution in [-0.4, -0.2) is 13.7 Å². The number of hydrogen-bond acceptors (Lipinski definition) is 6. The minimum atomic E-state index is -0.639. The highest BCUT2D eigenvalue weighted by Crippen LogP contribution is 2.26. The quantitative estimate of drug-likeness (QED) is 0.0444. The Bertz CT molecular complexity index is 1740. The summed E-state index contributed by atoms with van der Waals surface area (Å²) in [7, 11) is 0. The van der Waals surface area contributed by atoms with Gasteiger partial charge < -0.3 is 0 Å². The van der Waals surface area contributed by atoms with Gasteiger partial charge in [0.15, 0.2) is 0 Å². The average Bonchev–Trinajstić information content (AvgIpc) is 3.71. The fourth-order valence-corrected chi connectivity index (χ4v) is 9.00. The van der Waals surface area contributed by atoms with Gasteiger partial charge in [-0.2, -0.15) is 0 Å². The number of nitrogens with zero attached hydrogens (tertiary/aromatic N) is 3. The van der Waals surface area contributed by atoms with Gasteiger partial charge in [0, 0.05) is 19.6 Å². The maximum atomic E-state index is 14.1. The van der Waals surface area contributed by atoms with E-state index in [1.54, 1.807) is 0 Å². The first-order chi connectivity index (χ1) is 27.8.